The normalized spacial score (nSPS) is 10.7. The second-order valence-corrected chi connectivity index (χ2v) is 3.64. The van der Waals surface area contributed by atoms with E-state index in [1.165, 1.54) is 17.7 Å². The molecule has 0 amide bonds. The van der Waals surface area contributed by atoms with Gasteiger partial charge in [0.1, 0.15) is 16.7 Å². The van der Waals surface area contributed by atoms with Gasteiger partial charge in [0.15, 0.2) is 4.47 Å². The van der Waals surface area contributed by atoms with Gasteiger partial charge in [0, 0.05) is 0 Å². The summed E-state index contributed by atoms with van der Waals surface area (Å²) in [5.74, 6) is 0. The smallest absolute Gasteiger partial charge is 0.186 e. The number of aromatic nitrogens is 3. The largest absolute Gasteiger partial charge is 0.239 e. The van der Waals surface area contributed by atoms with Gasteiger partial charge in [-0.15, -0.1) is 0 Å². The minimum atomic E-state index is 0.517. The maximum absolute atomic E-state index is 5.69. The molecular formula is C6H4ClN3S. The third-order valence-corrected chi connectivity index (χ3v) is 2.42. The molecule has 0 N–H and O–H groups in total. The molecule has 2 aromatic rings. The summed E-state index contributed by atoms with van der Waals surface area (Å²) in [6, 6.07) is 0. The van der Waals surface area contributed by atoms with Crippen LogP contribution in [0.3, 0.4) is 0 Å². The van der Waals surface area contributed by atoms with E-state index in [0.717, 1.165) is 16.0 Å². The highest BCUT2D eigenvalue weighted by Crippen LogP contribution is 2.24. The lowest BCUT2D eigenvalue weighted by molar-refractivity contribution is 1.14. The lowest BCUT2D eigenvalue weighted by Gasteiger charge is -1.88. The van der Waals surface area contributed by atoms with E-state index < -0.39 is 0 Å². The van der Waals surface area contributed by atoms with Gasteiger partial charge in [-0.1, -0.05) is 22.9 Å². The van der Waals surface area contributed by atoms with Crippen LogP contribution in [0.15, 0.2) is 6.33 Å². The fourth-order valence-corrected chi connectivity index (χ4v) is 1.83. The Hall–Kier alpha value is -0.740. The van der Waals surface area contributed by atoms with E-state index in [2.05, 4.69) is 15.0 Å². The predicted octanol–water partition coefficient (Wildman–Crippen LogP) is 2.05. The topological polar surface area (TPSA) is 38.7 Å². The van der Waals surface area contributed by atoms with Gasteiger partial charge in [0.05, 0.1) is 5.69 Å². The van der Waals surface area contributed by atoms with Gasteiger partial charge < -0.3 is 0 Å². The number of hydrogen-bond acceptors (Lipinski definition) is 4. The minimum Gasteiger partial charge on any atom is -0.239 e. The number of thiazole rings is 1. The van der Waals surface area contributed by atoms with E-state index in [9.17, 15) is 0 Å². The Kier molecular flexibility index (Phi) is 1.51. The molecule has 0 atom stereocenters. The molecule has 5 heteroatoms. The van der Waals surface area contributed by atoms with Gasteiger partial charge in [0.2, 0.25) is 0 Å². The monoisotopic (exact) mass is 185 g/mol. The summed E-state index contributed by atoms with van der Waals surface area (Å²) in [7, 11) is 0. The maximum atomic E-state index is 5.69. The van der Waals surface area contributed by atoms with Crippen molar-refractivity contribution in [1.82, 2.24) is 15.0 Å². The summed E-state index contributed by atoms with van der Waals surface area (Å²) >= 11 is 7.06. The summed E-state index contributed by atoms with van der Waals surface area (Å²) in [6.45, 7) is 1.89. The summed E-state index contributed by atoms with van der Waals surface area (Å²) in [5, 5.41) is 0. The number of aryl methyl sites for hydroxylation is 1. The van der Waals surface area contributed by atoms with Crippen LogP contribution in [0.2, 0.25) is 4.47 Å². The summed E-state index contributed by atoms with van der Waals surface area (Å²) in [6.07, 6.45) is 1.52. The molecule has 2 heterocycles. The second-order valence-electron chi connectivity index (χ2n) is 2.08. The second kappa shape index (κ2) is 2.39. The molecule has 0 saturated heterocycles. The molecule has 56 valence electrons. The number of nitrogens with zero attached hydrogens (tertiary/aromatic N) is 3. The molecule has 0 fully saturated rings. The highest BCUT2D eigenvalue weighted by molar-refractivity contribution is 7.21. The lowest BCUT2D eigenvalue weighted by Crippen LogP contribution is -1.83. The Morgan fingerprint density at radius 1 is 1.45 bits per heavy atom. The van der Waals surface area contributed by atoms with Crippen molar-refractivity contribution in [3.05, 3.63) is 16.5 Å². The van der Waals surface area contributed by atoms with E-state index in [0.29, 0.717) is 4.47 Å². The third kappa shape index (κ3) is 1.08. The number of fused-ring (bicyclic) bond motifs is 1. The zero-order chi connectivity index (χ0) is 7.84. The first-order valence-electron chi connectivity index (χ1n) is 3.01. The van der Waals surface area contributed by atoms with Gasteiger partial charge in [-0.25, -0.2) is 15.0 Å². The Bertz CT molecular complexity index is 398. The molecule has 0 aromatic carbocycles. The molecule has 0 aliphatic carbocycles. The fourth-order valence-electron chi connectivity index (χ4n) is 0.839. The highest BCUT2D eigenvalue weighted by Gasteiger charge is 2.04. The first kappa shape index (κ1) is 6.94. The molecule has 0 spiro atoms. The average Bonchev–Trinajstić information content (AvgIpc) is 2.31. The molecular weight excluding hydrogens is 182 g/mol. The molecule has 0 aliphatic heterocycles. The van der Waals surface area contributed by atoms with Crippen molar-refractivity contribution in [2.24, 2.45) is 0 Å². The van der Waals surface area contributed by atoms with E-state index in [1.807, 2.05) is 6.92 Å². The van der Waals surface area contributed by atoms with E-state index in [4.69, 9.17) is 11.6 Å². The minimum absolute atomic E-state index is 0.517. The summed E-state index contributed by atoms with van der Waals surface area (Å²) in [5.41, 5.74) is 1.68. The van der Waals surface area contributed by atoms with Crippen LogP contribution in [-0.2, 0) is 0 Å². The van der Waals surface area contributed by atoms with E-state index in [-0.39, 0.29) is 0 Å². The molecule has 3 nitrogen and oxygen atoms in total. The van der Waals surface area contributed by atoms with Crippen LogP contribution in [0.1, 0.15) is 5.69 Å². The van der Waals surface area contributed by atoms with Crippen molar-refractivity contribution >= 4 is 33.3 Å². The van der Waals surface area contributed by atoms with Crippen molar-refractivity contribution in [2.75, 3.05) is 0 Å². The van der Waals surface area contributed by atoms with Crippen LogP contribution >= 0.6 is 22.9 Å². The van der Waals surface area contributed by atoms with Crippen LogP contribution < -0.4 is 0 Å². The third-order valence-electron chi connectivity index (χ3n) is 1.35. The summed E-state index contributed by atoms with van der Waals surface area (Å²) in [4.78, 5) is 12.9. The van der Waals surface area contributed by atoms with Crippen molar-refractivity contribution in [3.63, 3.8) is 0 Å². The zero-order valence-electron chi connectivity index (χ0n) is 5.71. The number of halogens is 1. The van der Waals surface area contributed by atoms with E-state index in [1.54, 1.807) is 0 Å². The fraction of sp³-hybridized carbons (Fsp3) is 0.167. The quantitative estimate of drug-likeness (QED) is 0.631. The van der Waals surface area contributed by atoms with Crippen molar-refractivity contribution in [2.45, 2.75) is 6.92 Å². The molecule has 0 unspecified atom stereocenters. The Morgan fingerprint density at radius 2 is 2.27 bits per heavy atom. The number of rotatable bonds is 0. The molecule has 0 bridgehead atoms. The molecule has 2 aromatic heterocycles. The molecule has 0 radical (unpaired) electrons. The lowest BCUT2D eigenvalue weighted by atomic mass is 10.4. The van der Waals surface area contributed by atoms with E-state index >= 15 is 0 Å². The van der Waals surface area contributed by atoms with Gasteiger partial charge in [0.25, 0.3) is 0 Å². The Morgan fingerprint density at radius 3 is 3.00 bits per heavy atom. The van der Waals surface area contributed by atoms with Crippen LogP contribution in [0, 0.1) is 6.92 Å². The van der Waals surface area contributed by atoms with Crippen molar-refractivity contribution < 1.29 is 0 Å². The van der Waals surface area contributed by atoms with Crippen LogP contribution in [-0.4, -0.2) is 15.0 Å². The SMILES string of the molecule is Cc1ncnc2sc(Cl)nc12. The highest BCUT2D eigenvalue weighted by atomic mass is 35.5. The molecule has 0 saturated carbocycles. The summed E-state index contributed by atoms with van der Waals surface area (Å²) < 4.78 is 0.517. The zero-order valence-corrected chi connectivity index (χ0v) is 7.28. The molecule has 0 aliphatic rings. The van der Waals surface area contributed by atoms with Gasteiger partial charge in [-0.05, 0) is 6.92 Å². The maximum Gasteiger partial charge on any atom is 0.186 e. The molecule has 2 rings (SSSR count). The predicted molar refractivity (Wildman–Crippen MR) is 45.0 cm³/mol. The Labute approximate surface area is 72.1 Å². The van der Waals surface area contributed by atoms with Gasteiger partial charge >= 0.3 is 0 Å². The van der Waals surface area contributed by atoms with Crippen molar-refractivity contribution in [1.29, 1.82) is 0 Å². The van der Waals surface area contributed by atoms with Gasteiger partial charge in [-0.2, -0.15) is 0 Å². The average molecular weight is 186 g/mol. The van der Waals surface area contributed by atoms with Crippen LogP contribution in [0.25, 0.3) is 10.3 Å². The molecule has 11 heavy (non-hydrogen) atoms. The van der Waals surface area contributed by atoms with Gasteiger partial charge in [-0.3, -0.25) is 0 Å². The van der Waals surface area contributed by atoms with Crippen molar-refractivity contribution in [3.8, 4) is 0 Å². The first-order valence-corrected chi connectivity index (χ1v) is 4.20. The number of hydrogen-bond donors (Lipinski definition) is 0. The van der Waals surface area contributed by atoms with Crippen LogP contribution in [0.5, 0.6) is 0 Å². The standard InChI is InChI=1S/C6H4ClN3S/c1-3-4-5(9-2-8-3)11-6(7)10-4/h2H,1H3. The first-order chi connectivity index (χ1) is 5.27. The van der Waals surface area contributed by atoms with Crippen LogP contribution in [0.4, 0.5) is 0 Å². The Balaban J connectivity index is 2.90.